The number of sulfonamides is 1. The van der Waals surface area contributed by atoms with Crippen molar-refractivity contribution in [2.75, 3.05) is 12.3 Å². The van der Waals surface area contributed by atoms with Crippen molar-refractivity contribution in [2.45, 2.75) is 38.3 Å². The Morgan fingerprint density at radius 1 is 1.22 bits per heavy atom. The maximum atomic E-state index is 11.9. The van der Waals surface area contributed by atoms with Crippen LogP contribution in [0.5, 0.6) is 0 Å². The molecule has 5 heteroatoms. The minimum absolute atomic E-state index is 0.0494. The van der Waals surface area contributed by atoms with Gasteiger partial charge in [-0.1, -0.05) is 54.6 Å². The third-order valence-corrected chi connectivity index (χ3v) is 6.56. The van der Waals surface area contributed by atoms with Crippen molar-refractivity contribution in [2.24, 2.45) is 0 Å². The van der Waals surface area contributed by atoms with Crippen molar-refractivity contribution < 1.29 is 8.42 Å². The first-order chi connectivity index (χ1) is 13.0. The molecule has 1 heterocycles. The molecule has 0 amide bonds. The molecule has 0 radical (unpaired) electrons. The van der Waals surface area contributed by atoms with E-state index in [9.17, 15) is 8.42 Å². The van der Waals surface area contributed by atoms with Crippen molar-refractivity contribution >= 4 is 10.0 Å². The lowest BCUT2D eigenvalue weighted by Gasteiger charge is -2.21. The number of hydrogen-bond donors (Lipinski definition) is 2. The van der Waals surface area contributed by atoms with Gasteiger partial charge in [-0.25, -0.2) is 13.1 Å². The Bertz CT molecular complexity index is 893. The Kier molecular flexibility index (Phi) is 6.47. The maximum Gasteiger partial charge on any atom is 0.211 e. The molecule has 0 aliphatic carbocycles. The number of benzene rings is 2. The first-order valence-corrected chi connectivity index (χ1v) is 11.2. The highest BCUT2D eigenvalue weighted by atomic mass is 32.2. The van der Waals surface area contributed by atoms with Crippen LogP contribution in [0.3, 0.4) is 0 Å². The molecule has 2 aromatic carbocycles. The van der Waals surface area contributed by atoms with E-state index in [1.54, 1.807) is 6.92 Å². The van der Waals surface area contributed by atoms with Gasteiger partial charge in [0.15, 0.2) is 0 Å². The summed E-state index contributed by atoms with van der Waals surface area (Å²) in [5.74, 6) is 0.117. The van der Waals surface area contributed by atoms with Gasteiger partial charge in [-0.05, 0) is 55.0 Å². The van der Waals surface area contributed by atoms with Crippen LogP contribution in [0.1, 0.15) is 24.5 Å². The quantitative estimate of drug-likeness (QED) is 0.687. The molecule has 1 aliphatic rings. The van der Waals surface area contributed by atoms with Crippen LogP contribution in [-0.2, 0) is 22.9 Å². The number of rotatable bonds is 8. The van der Waals surface area contributed by atoms with Crippen LogP contribution in [0.25, 0.3) is 11.1 Å². The Labute approximate surface area is 162 Å². The lowest BCUT2D eigenvalue weighted by atomic mass is 9.94. The monoisotopic (exact) mass is 384 g/mol. The summed E-state index contributed by atoms with van der Waals surface area (Å²) in [5, 5.41) is 3.45. The van der Waals surface area contributed by atoms with E-state index in [-0.39, 0.29) is 17.8 Å². The van der Waals surface area contributed by atoms with Crippen molar-refractivity contribution in [1.82, 2.24) is 10.0 Å². The van der Waals surface area contributed by atoms with Gasteiger partial charge in [-0.2, -0.15) is 0 Å². The number of nitrogens with one attached hydrogen (secondary N) is 2. The second-order valence-corrected chi connectivity index (χ2v) is 9.07. The fourth-order valence-corrected chi connectivity index (χ4v) is 4.60. The fourth-order valence-electron chi connectivity index (χ4n) is 3.69. The summed E-state index contributed by atoms with van der Waals surface area (Å²) < 4.78 is 26.7. The minimum atomic E-state index is -3.19. The molecule has 0 aromatic heterocycles. The summed E-state index contributed by atoms with van der Waals surface area (Å²) in [6, 6.07) is 17.0. The smallest absolute Gasteiger partial charge is 0.211 e. The van der Waals surface area contributed by atoms with Crippen LogP contribution in [-0.4, -0.2) is 32.8 Å². The third-order valence-electron chi connectivity index (χ3n) is 5.13. The summed E-state index contributed by atoms with van der Waals surface area (Å²) in [5.41, 5.74) is 4.88. The number of hydrogen-bond acceptors (Lipinski definition) is 3. The van der Waals surface area contributed by atoms with Gasteiger partial charge >= 0.3 is 0 Å². The molecule has 2 unspecified atom stereocenters. The molecule has 0 saturated carbocycles. The second-order valence-electron chi connectivity index (χ2n) is 7.03. The second kappa shape index (κ2) is 8.83. The van der Waals surface area contributed by atoms with Gasteiger partial charge in [0.25, 0.3) is 0 Å². The van der Waals surface area contributed by atoms with Crippen LogP contribution < -0.4 is 10.0 Å². The van der Waals surface area contributed by atoms with Crippen molar-refractivity contribution in [3.8, 4) is 11.1 Å². The van der Waals surface area contributed by atoms with Crippen LogP contribution in [0.15, 0.2) is 61.2 Å². The average Bonchev–Trinajstić information content (AvgIpc) is 3.08. The van der Waals surface area contributed by atoms with Crippen molar-refractivity contribution in [3.63, 3.8) is 0 Å². The van der Waals surface area contributed by atoms with Crippen molar-refractivity contribution in [3.05, 3.63) is 72.3 Å². The predicted octanol–water partition coefficient (Wildman–Crippen LogP) is 3.29. The first-order valence-electron chi connectivity index (χ1n) is 9.54. The van der Waals surface area contributed by atoms with Gasteiger partial charge in [-0.3, -0.25) is 0 Å². The molecule has 1 aliphatic heterocycles. The van der Waals surface area contributed by atoms with Gasteiger partial charge < -0.3 is 5.32 Å². The lowest BCUT2D eigenvalue weighted by molar-refractivity contribution is 0.492. The summed E-state index contributed by atoms with van der Waals surface area (Å²) >= 11 is 0. The molecule has 2 atom stereocenters. The van der Waals surface area contributed by atoms with Gasteiger partial charge in [0, 0.05) is 12.1 Å². The highest BCUT2D eigenvalue weighted by molar-refractivity contribution is 7.89. The Morgan fingerprint density at radius 3 is 2.81 bits per heavy atom. The van der Waals surface area contributed by atoms with E-state index in [0.717, 1.165) is 25.8 Å². The zero-order valence-electron chi connectivity index (χ0n) is 15.8. The Balaban J connectivity index is 1.79. The average molecular weight is 385 g/mol. The van der Waals surface area contributed by atoms with E-state index in [0.29, 0.717) is 0 Å². The van der Waals surface area contributed by atoms with E-state index in [2.05, 4.69) is 65.1 Å². The molecule has 3 rings (SSSR count). The first kappa shape index (κ1) is 19.8. The molecule has 0 bridgehead atoms. The van der Waals surface area contributed by atoms with E-state index in [1.165, 1.54) is 22.3 Å². The summed E-state index contributed by atoms with van der Waals surface area (Å²) in [6.45, 7) is 6.36. The fraction of sp³-hybridized carbons (Fsp3) is 0.364. The van der Waals surface area contributed by atoms with Gasteiger partial charge in [0.05, 0.1) is 5.75 Å². The topological polar surface area (TPSA) is 58.2 Å². The van der Waals surface area contributed by atoms with Crippen molar-refractivity contribution in [1.29, 1.82) is 0 Å². The summed E-state index contributed by atoms with van der Waals surface area (Å²) in [7, 11) is -3.19. The zero-order valence-corrected chi connectivity index (χ0v) is 16.6. The number of allylic oxidation sites excluding steroid dienone is 1. The van der Waals surface area contributed by atoms with Gasteiger partial charge in [-0.15, -0.1) is 6.58 Å². The largest absolute Gasteiger partial charge is 0.312 e. The summed E-state index contributed by atoms with van der Waals surface area (Å²) in [4.78, 5) is 0. The highest BCUT2D eigenvalue weighted by Crippen LogP contribution is 2.26. The maximum absolute atomic E-state index is 11.9. The molecule has 2 aromatic rings. The molecular formula is C22H28N2O2S. The van der Waals surface area contributed by atoms with Gasteiger partial charge in [0.2, 0.25) is 10.0 Å². The molecule has 144 valence electrons. The van der Waals surface area contributed by atoms with E-state index in [1.807, 2.05) is 6.08 Å². The normalized spacial score (nSPS) is 19.9. The molecule has 2 N–H and O–H groups in total. The SMILES string of the molecule is C=CCc1ccccc1-c1cccc(CC2NCCC2NS(=O)(=O)CC)c1. The van der Waals surface area contributed by atoms with Crippen LogP contribution in [0.2, 0.25) is 0 Å². The molecule has 4 nitrogen and oxygen atoms in total. The van der Waals surface area contributed by atoms with Crippen LogP contribution in [0.4, 0.5) is 0 Å². The van der Waals surface area contributed by atoms with E-state index >= 15 is 0 Å². The van der Waals surface area contributed by atoms with E-state index < -0.39 is 10.0 Å². The molecular weight excluding hydrogens is 356 g/mol. The molecule has 1 fully saturated rings. The lowest BCUT2D eigenvalue weighted by Crippen LogP contribution is -2.45. The van der Waals surface area contributed by atoms with Crippen LogP contribution >= 0.6 is 0 Å². The standard InChI is InChI=1S/C22H28N2O2S/c1-3-8-18-10-5-6-12-20(18)19-11-7-9-17(15-19)16-22-21(13-14-23-22)24-27(25,26)4-2/h3,5-7,9-12,15,21-24H,1,4,8,13-14,16H2,2H3. The minimum Gasteiger partial charge on any atom is -0.312 e. The molecule has 0 spiro atoms. The molecule has 27 heavy (non-hydrogen) atoms. The molecule has 1 saturated heterocycles. The third kappa shape index (κ3) is 5.06. The Morgan fingerprint density at radius 2 is 2.04 bits per heavy atom. The van der Waals surface area contributed by atoms with Crippen LogP contribution in [0, 0.1) is 0 Å². The van der Waals surface area contributed by atoms with Gasteiger partial charge in [0.1, 0.15) is 0 Å². The highest BCUT2D eigenvalue weighted by Gasteiger charge is 2.29. The predicted molar refractivity (Wildman–Crippen MR) is 112 cm³/mol. The zero-order chi connectivity index (χ0) is 19.3. The van der Waals surface area contributed by atoms with E-state index in [4.69, 9.17) is 0 Å². The Hall–Kier alpha value is -1.95. The summed E-state index contributed by atoms with van der Waals surface area (Å²) in [6.07, 6.45) is 4.39.